The molecule has 0 atom stereocenters. The van der Waals surface area contributed by atoms with E-state index in [4.69, 9.17) is 14.2 Å². The summed E-state index contributed by atoms with van der Waals surface area (Å²) in [6.45, 7) is 2.96. The van der Waals surface area contributed by atoms with Crippen LogP contribution < -0.4 is 4.74 Å². The van der Waals surface area contributed by atoms with Crippen LogP contribution in [-0.4, -0.2) is 56.2 Å². The molecule has 4 rings (SSSR count). The summed E-state index contributed by atoms with van der Waals surface area (Å²) in [4.78, 5) is 39.6. The first-order valence-corrected chi connectivity index (χ1v) is 14.9. The molecule has 7 heteroatoms. The second kappa shape index (κ2) is 16.7. The Hall–Kier alpha value is -4.91. The summed E-state index contributed by atoms with van der Waals surface area (Å²) in [5.74, 6) is -0.321. The van der Waals surface area contributed by atoms with E-state index in [0.29, 0.717) is 49.4 Å². The average Bonchev–Trinajstić information content (AvgIpc) is 3.07. The minimum Gasteiger partial charge on any atom is -0.482 e. The lowest BCUT2D eigenvalue weighted by molar-refractivity contribution is -0.145. The standard InChI is InChI=1S/C37H39NO6/c1-3-43-35(39)27-44-33-21-10-13-28(25-33)14-12-23-38(36(40)31-19-11-20-32(26-31)37(41)42-2)24-22-34(29-15-6-4-7-16-29)30-17-8-5-9-18-30/h4-11,13,15-21,25-26,34H,3,12,14,22-24,27H2,1-2H3. The smallest absolute Gasteiger partial charge is 0.344 e. The van der Waals surface area contributed by atoms with E-state index in [0.717, 1.165) is 12.0 Å². The van der Waals surface area contributed by atoms with Gasteiger partial charge >= 0.3 is 11.9 Å². The molecule has 0 aromatic heterocycles. The van der Waals surface area contributed by atoms with Gasteiger partial charge in [-0.1, -0.05) is 78.9 Å². The number of aryl methyl sites for hydroxylation is 1. The van der Waals surface area contributed by atoms with Crippen molar-refractivity contribution in [3.05, 3.63) is 137 Å². The Morgan fingerprint density at radius 1 is 0.750 bits per heavy atom. The molecule has 7 nitrogen and oxygen atoms in total. The third-order valence-corrected chi connectivity index (χ3v) is 7.36. The number of ether oxygens (including phenoxy) is 3. The molecule has 1 amide bonds. The number of carbonyl (C=O) groups excluding carboxylic acids is 3. The van der Waals surface area contributed by atoms with E-state index in [1.807, 2.05) is 59.5 Å². The summed E-state index contributed by atoms with van der Waals surface area (Å²) in [7, 11) is 1.33. The topological polar surface area (TPSA) is 82.1 Å². The van der Waals surface area contributed by atoms with Gasteiger partial charge in [0, 0.05) is 24.6 Å². The zero-order valence-corrected chi connectivity index (χ0v) is 25.3. The number of amides is 1. The minimum atomic E-state index is -0.482. The summed E-state index contributed by atoms with van der Waals surface area (Å²) in [6.07, 6.45) is 2.15. The maximum atomic E-state index is 13.9. The van der Waals surface area contributed by atoms with Crippen LogP contribution in [0.1, 0.15) is 63.1 Å². The van der Waals surface area contributed by atoms with Crippen LogP contribution in [0.3, 0.4) is 0 Å². The monoisotopic (exact) mass is 593 g/mol. The lowest BCUT2D eigenvalue weighted by Crippen LogP contribution is -2.34. The third-order valence-electron chi connectivity index (χ3n) is 7.36. The summed E-state index contributed by atoms with van der Waals surface area (Å²) in [6, 6.07) is 35.0. The molecule has 0 heterocycles. The van der Waals surface area contributed by atoms with Crippen LogP contribution >= 0.6 is 0 Å². The van der Waals surface area contributed by atoms with E-state index in [-0.39, 0.29) is 18.4 Å². The largest absolute Gasteiger partial charge is 0.482 e. The summed E-state index contributed by atoms with van der Waals surface area (Å²) < 4.78 is 15.4. The second-order valence-corrected chi connectivity index (χ2v) is 10.4. The van der Waals surface area contributed by atoms with Crippen molar-refractivity contribution in [2.24, 2.45) is 0 Å². The molecule has 0 saturated heterocycles. The number of benzene rings is 4. The molecule has 0 aliphatic carbocycles. The number of carbonyl (C=O) groups is 3. The lowest BCUT2D eigenvalue weighted by atomic mass is 9.88. The summed E-state index contributed by atoms with van der Waals surface area (Å²) in [5.41, 5.74) is 4.21. The molecule has 0 unspecified atom stereocenters. The van der Waals surface area contributed by atoms with E-state index in [1.54, 1.807) is 37.3 Å². The predicted molar refractivity (Wildman–Crippen MR) is 170 cm³/mol. The molecule has 228 valence electrons. The summed E-state index contributed by atoms with van der Waals surface area (Å²) >= 11 is 0. The van der Waals surface area contributed by atoms with E-state index in [9.17, 15) is 14.4 Å². The Balaban J connectivity index is 1.50. The van der Waals surface area contributed by atoms with Crippen molar-refractivity contribution in [3.63, 3.8) is 0 Å². The van der Waals surface area contributed by atoms with Gasteiger partial charge in [-0.2, -0.15) is 0 Å². The zero-order chi connectivity index (χ0) is 31.1. The molecule has 4 aromatic carbocycles. The van der Waals surface area contributed by atoms with Crippen molar-refractivity contribution < 1.29 is 28.6 Å². The molecule has 0 radical (unpaired) electrons. The Kier molecular flexibility index (Phi) is 12.1. The van der Waals surface area contributed by atoms with Crippen molar-refractivity contribution in [3.8, 4) is 5.75 Å². The highest BCUT2D eigenvalue weighted by molar-refractivity contribution is 5.98. The number of nitrogens with zero attached hydrogens (tertiary/aromatic N) is 1. The molecule has 0 saturated carbocycles. The van der Waals surface area contributed by atoms with E-state index < -0.39 is 11.9 Å². The van der Waals surface area contributed by atoms with Gasteiger partial charge in [-0.3, -0.25) is 4.79 Å². The van der Waals surface area contributed by atoms with Gasteiger partial charge in [-0.05, 0) is 73.2 Å². The number of esters is 2. The molecule has 4 aromatic rings. The van der Waals surface area contributed by atoms with Gasteiger partial charge in [0.05, 0.1) is 19.3 Å². The molecule has 0 aliphatic rings. The van der Waals surface area contributed by atoms with Gasteiger partial charge < -0.3 is 19.1 Å². The lowest BCUT2D eigenvalue weighted by Gasteiger charge is -2.26. The van der Waals surface area contributed by atoms with Crippen LogP contribution in [0.4, 0.5) is 0 Å². The average molecular weight is 594 g/mol. The highest BCUT2D eigenvalue weighted by atomic mass is 16.6. The fourth-order valence-electron chi connectivity index (χ4n) is 5.19. The van der Waals surface area contributed by atoms with Crippen molar-refractivity contribution in [2.45, 2.75) is 32.1 Å². The first kappa shape index (κ1) is 32.0. The van der Waals surface area contributed by atoms with Crippen molar-refractivity contribution in [1.29, 1.82) is 0 Å². The summed E-state index contributed by atoms with van der Waals surface area (Å²) in [5, 5.41) is 0. The highest BCUT2D eigenvalue weighted by Gasteiger charge is 2.21. The van der Waals surface area contributed by atoms with Crippen LogP contribution in [0.25, 0.3) is 0 Å². The van der Waals surface area contributed by atoms with Crippen LogP contribution in [0.2, 0.25) is 0 Å². The fourth-order valence-corrected chi connectivity index (χ4v) is 5.19. The maximum Gasteiger partial charge on any atom is 0.344 e. The van der Waals surface area contributed by atoms with Gasteiger partial charge in [0.15, 0.2) is 6.61 Å². The molecule has 44 heavy (non-hydrogen) atoms. The van der Waals surface area contributed by atoms with Crippen molar-refractivity contribution >= 4 is 17.8 Å². The minimum absolute atomic E-state index is 0.113. The van der Waals surface area contributed by atoms with Gasteiger partial charge in [-0.15, -0.1) is 0 Å². The SMILES string of the molecule is CCOC(=O)COc1cccc(CCCN(CCC(c2ccccc2)c2ccccc2)C(=O)c2cccc(C(=O)OC)c2)c1. The van der Waals surface area contributed by atoms with Crippen LogP contribution in [-0.2, 0) is 20.7 Å². The quantitative estimate of drug-likeness (QED) is 0.143. The number of rotatable bonds is 15. The van der Waals surface area contributed by atoms with E-state index in [2.05, 4.69) is 24.3 Å². The maximum absolute atomic E-state index is 13.9. The number of hydrogen-bond acceptors (Lipinski definition) is 6. The van der Waals surface area contributed by atoms with Crippen LogP contribution in [0, 0.1) is 0 Å². The van der Waals surface area contributed by atoms with E-state index in [1.165, 1.54) is 18.2 Å². The Morgan fingerprint density at radius 2 is 1.41 bits per heavy atom. The van der Waals surface area contributed by atoms with Gasteiger partial charge in [-0.25, -0.2) is 9.59 Å². The predicted octanol–water partition coefficient (Wildman–Crippen LogP) is 6.71. The highest BCUT2D eigenvalue weighted by Crippen LogP contribution is 2.28. The Morgan fingerprint density at radius 3 is 2.07 bits per heavy atom. The molecule has 0 fully saturated rings. The number of methoxy groups -OCH3 is 1. The van der Waals surface area contributed by atoms with Crippen molar-refractivity contribution in [1.82, 2.24) is 4.90 Å². The molecule has 0 bridgehead atoms. The van der Waals surface area contributed by atoms with Gasteiger partial charge in [0.2, 0.25) is 0 Å². The fraction of sp³-hybridized carbons (Fsp3) is 0.270. The first-order valence-electron chi connectivity index (χ1n) is 14.9. The zero-order valence-electron chi connectivity index (χ0n) is 25.3. The van der Waals surface area contributed by atoms with Gasteiger partial charge in [0.1, 0.15) is 5.75 Å². The first-order chi connectivity index (χ1) is 21.5. The number of hydrogen-bond donors (Lipinski definition) is 0. The molecule has 0 spiro atoms. The van der Waals surface area contributed by atoms with Crippen molar-refractivity contribution in [2.75, 3.05) is 33.4 Å². The molecule has 0 N–H and O–H groups in total. The van der Waals surface area contributed by atoms with Crippen LogP contribution in [0.15, 0.2) is 109 Å². The molecule has 0 aliphatic heterocycles. The normalized spacial score (nSPS) is 10.7. The van der Waals surface area contributed by atoms with E-state index >= 15 is 0 Å². The Labute approximate surface area is 259 Å². The Bertz CT molecular complexity index is 1470. The molecular weight excluding hydrogens is 554 g/mol. The van der Waals surface area contributed by atoms with Crippen LogP contribution in [0.5, 0.6) is 5.75 Å². The third kappa shape index (κ3) is 9.30. The van der Waals surface area contributed by atoms with Gasteiger partial charge in [0.25, 0.3) is 5.91 Å². The second-order valence-electron chi connectivity index (χ2n) is 10.4. The molecular formula is C37H39NO6.